The molecule has 5 nitrogen and oxygen atoms in total. The molecule has 0 bridgehead atoms. The lowest BCUT2D eigenvalue weighted by atomic mass is 10.0. The van der Waals surface area contributed by atoms with Crippen molar-refractivity contribution in [3.63, 3.8) is 0 Å². The van der Waals surface area contributed by atoms with Crippen molar-refractivity contribution in [3.8, 4) is 0 Å². The molecular weight excluding hydrogens is 216 g/mol. The van der Waals surface area contributed by atoms with E-state index in [1.165, 1.54) is 0 Å². The Labute approximate surface area is 99.4 Å². The zero-order valence-electron chi connectivity index (χ0n) is 9.90. The number of hydrogen-bond acceptors (Lipinski definition) is 3. The molecule has 0 saturated heterocycles. The number of fused-ring (bicyclic) bond motifs is 1. The lowest BCUT2D eigenvalue weighted by Crippen LogP contribution is -2.34. The Balaban J connectivity index is 2.24. The highest BCUT2D eigenvalue weighted by atomic mass is 16.1. The Morgan fingerprint density at radius 1 is 1.47 bits per heavy atom. The quantitative estimate of drug-likeness (QED) is 0.749. The van der Waals surface area contributed by atoms with Crippen LogP contribution in [0.25, 0.3) is 10.9 Å². The number of amides is 1. The van der Waals surface area contributed by atoms with Crippen molar-refractivity contribution in [3.05, 3.63) is 24.4 Å². The normalized spacial score (nSPS) is 14.5. The smallest absolute Gasteiger partial charge is 0.228 e. The predicted molar refractivity (Wildman–Crippen MR) is 67.5 cm³/mol. The van der Waals surface area contributed by atoms with Gasteiger partial charge in [0.2, 0.25) is 5.91 Å². The second-order valence-electron chi connectivity index (χ2n) is 4.28. The Morgan fingerprint density at radius 3 is 2.94 bits per heavy atom. The number of carbonyl (C=O) groups excluding carboxylic acids is 1. The number of H-pyrrole nitrogens is 1. The highest BCUT2D eigenvalue weighted by molar-refractivity contribution is 6.01. The molecule has 2 unspecified atom stereocenters. The van der Waals surface area contributed by atoms with Gasteiger partial charge in [-0.05, 0) is 13.0 Å². The van der Waals surface area contributed by atoms with Crippen molar-refractivity contribution in [1.29, 1.82) is 0 Å². The molecule has 5 heteroatoms. The number of aromatic amines is 1. The van der Waals surface area contributed by atoms with E-state index in [0.29, 0.717) is 0 Å². The molecule has 1 heterocycles. The minimum Gasteiger partial charge on any atom is -0.327 e. The summed E-state index contributed by atoms with van der Waals surface area (Å²) in [6.07, 6.45) is 1.72. The van der Waals surface area contributed by atoms with E-state index in [2.05, 4.69) is 15.5 Å². The number of hydrogen-bond donors (Lipinski definition) is 3. The van der Waals surface area contributed by atoms with Crippen molar-refractivity contribution in [2.45, 2.75) is 19.9 Å². The second kappa shape index (κ2) is 4.55. The minimum absolute atomic E-state index is 0.0814. The van der Waals surface area contributed by atoms with E-state index in [4.69, 9.17) is 5.73 Å². The first kappa shape index (κ1) is 11.6. The molecule has 0 radical (unpaired) electrons. The summed E-state index contributed by atoms with van der Waals surface area (Å²) in [6, 6.07) is 5.48. The maximum absolute atomic E-state index is 11.9. The maximum Gasteiger partial charge on any atom is 0.228 e. The number of nitrogens with one attached hydrogen (secondary N) is 2. The van der Waals surface area contributed by atoms with E-state index < -0.39 is 0 Å². The largest absolute Gasteiger partial charge is 0.327 e. The van der Waals surface area contributed by atoms with Crippen LogP contribution in [-0.2, 0) is 4.79 Å². The van der Waals surface area contributed by atoms with E-state index in [9.17, 15) is 4.79 Å². The van der Waals surface area contributed by atoms with Gasteiger partial charge in [-0.1, -0.05) is 19.1 Å². The average Bonchev–Trinajstić information content (AvgIpc) is 2.76. The van der Waals surface area contributed by atoms with Crippen LogP contribution >= 0.6 is 0 Å². The van der Waals surface area contributed by atoms with E-state index in [-0.39, 0.29) is 17.9 Å². The van der Waals surface area contributed by atoms with Crippen LogP contribution in [0.1, 0.15) is 13.8 Å². The van der Waals surface area contributed by atoms with Crippen LogP contribution in [0, 0.1) is 5.92 Å². The minimum atomic E-state index is -0.229. The van der Waals surface area contributed by atoms with Crippen molar-refractivity contribution in [2.24, 2.45) is 11.7 Å². The number of para-hydroxylation sites is 1. The molecule has 2 atom stereocenters. The Kier molecular flexibility index (Phi) is 3.10. The Morgan fingerprint density at radius 2 is 2.24 bits per heavy atom. The van der Waals surface area contributed by atoms with Crippen LogP contribution < -0.4 is 11.1 Å². The topological polar surface area (TPSA) is 83.8 Å². The van der Waals surface area contributed by atoms with Gasteiger partial charge in [-0.3, -0.25) is 9.89 Å². The number of aromatic nitrogens is 2. The first-order valence-electron chi connectivity index (χ1n) is 5.58. The summed E-state index contributed by atoms with van der Waals surface area (Å²) in [6.45, 7) is 3.63. The lowest BCUT2D eigenvalue weighted by molar-refractivity contribution is -0.119. The summed E-state index contributed by atoms with van der Waals surface area (Å²) in [5, 5.41) is 10.6. The van der Waals surface area contributed by atoms with Crippen LogP contribution in [-0.4, -0.2) is 22.1 Å². The zero-order valence-corrected chi connectivity index (χ0v) is 9.90. The number of nitrogens with two attached hydrogens (primary N) is 1. The molecule has 0 spiro atoms. The summed E-state index contributed by atoms with van der Waals surface area (Å²) in [5.41, 5.74) is 7.27. The lowest BCUT2D eigenvalue weighted by Gasteiger charge is -2.15. The third-order valence-electron chi connectivity index (χ3n) is 2.94. The number of anilines is 1. The molecule has 0 aliphatic heterocycles. The van der Waals surface area contributed by atoms with Gasteiger partial charge in [-0.25, -0.2) is 0 Å². The van der Waals surface area contributed by atoms with E-state index in [1.807, 2.05) is 32.0 Å². The second-order valence-corrected chi connectivity index (χ2v) is 4.28. The molecule has 1 amide bonds. The van der Waals surface area contributed by atoms with Crippen molar-refractivity contribution < 1.29 is 4.79 Å². The molecular formula is C12H16N4O. The molecule has 0 saturated carbocycles. The van der Waals surface area contributed by atoms with Gasteiger partial charge in [-0.15, -0.1) is 0 Å². The Bertz CT molecular complexity index is 532. The molecule has 90 valence electrons. The van der Waals surface area contributed by atoms with Gasteiger partial charge in [0.05, 0.1) is 23.3 Å². The molecule has 0 aliphatic carbocycles. The standard InChI is InChI=1S/C12H16N4O/c1-7(8(2)13)12(17)15-10-5-3-4-9-6-14-16-11(9)10/h3-8H,13H2,1-2H3,(H,14,16)(H,15,17). The highest BCUT2D eigenvalue weighted by Gasteiger charge is 2.17. The van der Waals surface area contributed by atoms with Crippen molar-refractivity contribution in [1.82, 2.24) is 10.2 Å². The maximum atomic E-state index is 11.9. The van der Waals surface area contributed by atoms with Gasteiger partial charge in [0.15, 0.2) is 0 Å². The predicted octanol–water partition coefficient (Wildman–Crippen LogP) is 1.48. The molecule has 0 aliphatic rings. The number of carbonyl (C=O) groups is 1. The van der Waals surface area contributed by atoms with E-state index in [1.54, 1.807) is 6.20 Å². The third-order valence-corrected chi connectivity index (χ3v) is 2.94. The molecule has 17 heavy (non-hydrogen) atoms. The molecule has 1 aromatic heterocycles. The third kappa shape index (κ3) is 2.29. The first-order valence-corrected chi connectivity index (χ1v) is 5.58. The van der Waals surface area contributed by atoms with Gasteiger partial charge < -0.3 is 11.1 Å². The van der Waals surface area contributed by atoms with Crippen molar-refractivity contribution in [2.75, 3.05) is 5.32 Å². The molecule has 2 aromatic rings. The van der Waals surface area contributed by atoms with Crippen LogP contribution in [0.3, 0.4) is 0 Å². The first-order chi connectivity index (χ1) is 8.09. The zero-order chi connectivity index (χ0) is 12.4. The fraction of sp³-hybridized carbons (Fsp3) is 0.333. The van der Waals surface area contributed by atoms with E-state index in [0.717, 1.165) is 16.6 Å². The SMILES string of the molecule is CC(N)C(C)C(=O)Nc1cccc2cn[nH]c12. The van der Waals surface area contributed by atoms with Gasteiger partial charge in [0.1, 0.15) is 0 Å². The number of nitrogens with zero attached hydrogens (tertiary/aromatic N) is 1. The molecule has 1 aromatic carbocycles. The fourth-order valence-corrected chi connectivity index (χ4v) is 1.56. The summed E-state index contributed by atoms with van der Waals surface area (Å²) in [4.78, 5) is 11.9. The molecule has 0 fully saturated rings. The van der Waals surface area contributed by atoms with Crippen molar-refractivity contribution >= 4 is 22.5 Å². The van der Waals surface area contributed by atoms with E-state index >= 15 is 0 Å². The van der Waals surface area contributed by atoms with Crippen LogP contribution in [0.2, 0.25) is 0 Å². The summed E-state index contributed by atoms with van der Waals surface area (Å²) < 4.78 is 0. The van der Waals surface area contributed by atoms with Gasteiger partial charge in [0, 0.05) is 11.4 Å². The van der Waals surface area contributed by atoms with Gasteiger partial charge in [0.25, 0.3) is 0 Å². The fourth-order valence-electron chi connectivity index (χ4n) is 1.56. The van der Waals surface area contributed by atoms with Gasteiger partial charge in [-0.2, -0.15) is 5.10 Å². The highest BCUT2D eigenvalue weighted by Crippen LogP contribution is 2.21. The average molecular weight is 232 g/mol. The van der Waals surface area contributed by atoms with Crippen LogP contribution in [0.5, 0.6) is 0 Å². The molecule has 2 rings (SSSR count). The van der Waals surface area contributed by atoms with Gasteiger partial charge >= 0.3 is 0 Å². The van der Waals surface area contributed by atoms with Crippen LogP contribution in [0.4, 0.5) is 5.69 Å². The molecule has 4 N–H and O–H groups in total. The number of rotatable bonds is 3. The Hall–Kier alpha value is -1.88. The monoisotopic (exact) mass is 232 g/mol. The summed E-state index contributed by atoms with van der Waals surface area (Å²) >= 11 is 0. The van der Waals surface area contributed by atoms with Crippen LogP contribution in [0.15, 0.2) is 24.4 Å². The summed E-state index contributed by atoms with van der Waals surface area (Å²) in [5.74, 6) is -0.310. The number of benzene rings is 1. The summed E-state index contributed by atoms with van der Waals surface area (Å²) in [7, 11) is 0.